The van der Waals surface area contributed by atoms with Crippen molar-refractivity contribution in [3.05, 3.63) is 47.0 Å². The molecular formula is C23H29N3O3. The molecule has 0 bridgehead atoms. The predicted octanol–water partition coefficient (Wildman–Crippen LogP) is 4.00. The largest absolute Gasteiger partial charge is 0.443 e. The molecule has 0 radical (unpaired) electrons. The summed E-state index contributed by atoms with van der Waals surface area (Å²) in [5, 5.41) is 0. The number of hydrogen-bond donors (Lipinski definition) is 0. The van der Waals surface area contributed by atoms with E-state index in [9.17, 15) is 9.59 Å². The second kappa shape index (κ2) is 7.32. The van der Waals surface area contributed by atoms with Crippen LogP contribution in [0.25, 0.3) is 5.69 Å². The number of aromatic nitrogens is 2. The van der Waals surface area contributed by atoms with Crippen LogP contribution in [0, 0.1) is 12.8 Å². The molecule has 2 aliphatic rings. The fourth-order valence-electron chi connectivity index (χ4n) is 4.29. The van der Waals surface area contributed by atoms with Crippen LogP contribution in [-0.2, 0) is 28.8 Å². The predicted molar refractivity (Wildman–Crippen MR) is 110 cm³/mol. The monoisotopic (exact) mass is 395 g/mol. The van der Waals surface area contributed by atoms with Gasteiger partial charge in [-0.3, -0.25) is 4.79 Å². The molecule has 0 spiro atoms. The van der Waals surface area contributed by atoms with Crippen LogP contribution in [0.3, 0.4) is 0 Å². The minimum Gasteiger partial charge on any atom is -0.443 e. The van der Waals surface area contributed by atoms with Crippen molar-refractivity contribution in [1.29, 1.82) is 0 Å². The second-order valence-electron chi connectivity index (χ2n) is 9.15. The molecule has 29 heavy (non-hydrogen) atoms. The van der Waals surface area contributed by atoms with Crippen LogP contribution in [0.4, 0.5) is 4.79 Å². The summed E-state index contributed by atoms with van der Waals surface area (Å²) in [6.07, 6.45) is 5.39. The normalized spacial score (nSPS) is 19.0. The Kier molecular flexibility index (Phi) is 4.97. The molecule has 2 aromatic rings. The van der Waals surface area contributed by atoms with Crippen molar-refractivity contribution in [1.82, 2.24) is 14.5 Å². The highest BCUT2D eigenvalue weighted by molar-refractivity contribution is 5.94. The van der Waals surface area contributed by atoms with Crippen molar-refractivity contribution < 1.29 is 14.3 Å². The highest BCUT2D eigenvalue weighted by atomic mass is 16.6. The average Bonchev–Trinajstić information content (AvgIpc) is 3.05. The molecule has 2 aliphatic heterocycles. The molecule has 1 unspecified atom stereocenters. The summed E-state index contributed by atoms with van der Waals surface area (Å²) >= 11 is 0. The summed E-state index contributed by atoms with van der Waals surface area (Å²) in [5.74, 6) is -0.367. The molecule has 6 heteroatoms. The van der Waals surface area contributed by atoms with E-state index < -0.39 is 11.7 Å². The molecule has 6 nitrogen and oxygen atoms in total. The molecule has 4 rings (SSSR count). The zero-order chi connectivity index (χ0) is 20.8. The maximum atomic E-state index is 13.0. The summed E-state index contributed by atoms with van der Waals surface area (Å²) in [4.78, 5) is 31.4. The van der Waals surface area contributed by atoms with E-state index in [-0.39, 0.29) is 11.8 Å². The number of likely N-dealkylation sites (tertiary alicyclic amines) is 1. The number of benzene rings is 1. The Hall–Kier alpha value is -2.63. The minimum atomic E-state index is -0.612. The van der Waals surface area contributed by atoms with Gasteiger partial charge in [0.05, 0.1) is 17.7 Å². The Labute approximate surface area is 171 Å². The van der Waals surface area contributed by atoms with E-state index in [1.807, 2.05) is 27.1 Å². The molecule has 2 amide bonds. The number of rotatable bonds is 2. The first-order valence-electron chi connectivity index (χ1n) is 10.4. The quantitative estimate of drug-likeness (QED) is 0.771. The Morgan fingerprint density at radius 3 is 2.83 bits per heavy atom. The lowest BCUT2D eigenvalue weighted by Crippen LogP contribution is -2.47. The molecule has 1 fully saturated rings. The fraction of sp³-hybridized carbons (Fsp3) is 0.522. The first-order chi connectivity index (χ1) is 13.7. The fourth-order valence-corrected chi connectivity index (χ4v) is 4.29. The molecule has 1 aromatic carbocycles. The van der Waals surface area contributed by atoms with Gasteiger partial charge >= 0.3 is 6.09 Å². The van der Waals surface area contributed by atoms with Gasteiger partial charge in [-0.2, -0.15) is 0 Å². The van der Waals surface area contributed by atoms with Gasteiger partial charge in [0.15, 0.2) is 0 Å². The highest BCUT2D eigenvalue weighted by Crippen LogP contribution is 2.30. The molecule has 1 aromatic heterocycles. The first-order valence-corrected chi connectivity index (χ1v) is 10.4. The number of aryl methyl sites for hydroxylation is 2. The number of piperidine rings is 1. The number of nitrogens with zero attached hydrogens (tertiary/aromatic N) is 3. The summed E-state index contributed by atoms with van der Waals surface area (Å²) in [7, 11) is 0. The zero-order valence-electron chi connectivity index (χ0n) is 17.7. The van der Waals surface area contributed by atoms with Crippen molar-refractivity contribution in [3.8, 4) is 5.69 Å². The van der Waals surface area contributed by atoms with Crippen LogP contribution < -0.4 is 0 Å². The van der Waals surface area contributed by atoms with Crippen LogP contribution >= 0.6 is 0 Å². The number of imide groups is 1. The zero-order valence-corrected chi connectivity index (χ0v) is 17.7. The summed E-state index contributed by atoms with van der Waals surface area (Å²) in [5.41, 5.74) is 5.29. The molecule has 0 saturated carbocycles. The summed E-state index contributed by atoms with van der Waals surface area (Å²) in [6, 6.07) is 6.53. The van der Waals surface area contributed by atoms with Crippen LogP contribution in [-0.4, -0.2) is 38.6 Å². The topological polar surface area (TPSA) is 64.4 Å². The third-order valence-corrected chi connectivity index (χ3v) is 5.69. The maximum absolute atomic E-state index is 13.0. The van der Waals surface area contributed by atoms with Gasteiger partial charge in [0.1, 0.15) is 5.60 Å². The SMILES string of the molecule is Cc1ccc2c(c1)-n1cnc(CC3CCCN(C(=O)OC(C)(C)C)C3=O)c1CC2. The Bertz CT molecular complexity index is 955. The van der Waals surface area contributed by atoms with Gasteiger partial charge in [-0.1, -0.05) is 12.1 Å². The number of carbonyl (C=O) groups is 2. The van der Waals surface area contributed by atoms with E-state index in [4.69, 9.17) is 4.74 Å². The van der Waals surface area contributed by atoms with E-state index in [1.54, 1.807) is 0 Å². The number of imidazole rings is 1. The minimum absolute atomic E-state index is 0.140. The Balaban J connectivity index is 1.53. The van der Waals surface area contributed by atoms with Crippen molar-refractivity contribution >= 4 is 12.0 Å². The van der Waals surface area contributed by atoms with E-state index in [0.717, 1.165) is 31.4 Å². The Morgan fingerprint density at radius 2 is 2.07 bits per heavy atom. The number of hydrogen-bond acceptors (Lipinski definition) is 4. The lowest BCUT2D eigenvalue weighted by molar-refractivity contribution is -0.137. The number of carbonyl (C=O) groups excluding carboxylic acids is 2. The van der Waals surface area contributed by atoms with Gasteiger partial charge < -0.3 is 9.30 Å². The van der Waals surface area contributed by atoms with Gasteiger partial charge in [-0.05, 0) is 70.6 Å². The maximum Gasteiger partial charge on any atom is 0.417 e. The van der Waals surface area contributed by atoms with Crippen molar-refractivity contribution in [3.63, 3.8) is 0 Å². The second-order valence-corrected chi connectivity index (χ2v) is 9.15. The van der Waals surface area contributed by atoms with Crippen LogP contribution in [0.2, 0.25) is 0 Å². The van der Waals surface area contributed by atoms with E-state index >= 15 is 0 Å². The average molecular weight is 396 g/mol. The van der Waals surface area contributed by atoms with Crippen LogP contribution in [0.5, 0.6) is 0 Å². The molecule has 154 valence electrons. The number of fused-ring (bicyclic) bond motifs is 3. The van der Waals surface area contributed by atoms with Gasteiger partial charge in [0, 0.05) is 24.6 Å². The summed E-state index contributed by atoms with van der Waals surface area (Å²) in [6.45, 7) is 7.96. The molecule has 1 atom stereocenters. The number of ether oxygens (including phenoxy) is 1. The van der Waals surface area contributed by atoms with Crippen LogP contribution in [0.15, 0.2) is 24.5 Å². The standard InChI is InChI=1S/C23H29N3O3/c1-15-7-8-16-9-10-19-18(24-14-26(19)20(16)12-15)13-17-6-5-11-25(21(17)27)22(28)29-23(2,3)4/h7-8,12,14,17H,5-6,9-11,13H2,1-4H3. The summed E-state index contributed by atoms with van der Waals surface area (Å²) < 4.78 is 7.59. The van der Waals surface area contributed by atoms with Crippen molar-refractivity contribution in [2.24, 2.45) is 5.92 Å². The van der Waals surface area contributed by atoms with Gasteiger partial charge in [0.25, 0.3) is 0 Å². The third kappa shape index (κ3) is 3.93. The lowest BCUT2D eigenvalue weighted by atomic mass is 9.90. The first kappa shape index (κ1) is 19.7. The van der Waals surface area contributed by atoms with E-state index in [1.165, 1.54) is 27.4 Å². The number of amides is 2. The van der Waals surface area contributed by atoms with E-state index in [0.29, 0.717) is 13.0 Å². The Morgan fingerprint density at radius 1 is 1.28 bits per heavy atom. The molecule has 1 saturated heterocycles. The van der Waals surface area contributed by atoms with Crippen molar-refractivity contribution in [2.75, 3.05) is 6.54 Å². The molecule has 0 N–H and O–H groups in total. The van der Waals surface area contributed by atoms with Crippen molar-refractivity contribution in [2.45, 2.75) is 65.4 Å². The molecule has 3 heterocycles. The van der Waals surface area contributed by atoms with Gasteiger partial charge in [-0.25, -0.2) is 14.7 Å². The molecular weight excluding hydrogens is 366 g/mol. The highest BCUT2D eigenvalue weighted by Gasteiger charge is 2.36. The smallest absolute Gasteiger partial charge is 0.417 e. The van der Waals surface area contributed by atoms with E-state index in [2.05, 4.69) is 34.7 Å². The molecule has 0 aliphatic carbocycles. The van der Waals surface area contributed by atoms with Gasteiger partial charge in [0.2, 0.25) is 5.91 Å². The third-order valence-electron chi connectivity index (χ3n) is 5.69. The van der Waals surface area contributed by atoms with Gasteiger partial charge in [-0.15, -0.1) is 0 Å². The lowest BCUT2D eigenvalue weighted by Gasteiger charge is -2.32. The van der Waals surface area contributed by atoms with Crippen LogP contribution in [0.1, 0.15) is 56.1 Å².